The van der Waals surface area contributed by atoms with Crippen molar-refractivity contribution < 1.29 is 29.7 Å². The van der Waals surface area contributed by atoms with E-state index in [9.17, 15) is 14.4 Å². The van der Waals surface area contributed by atoms with Crippen molar-refractivity contribution in [2.75, 3.05) is 0 Å². The van der Waals surface area contributed by atoms with E-state index in [1.807, 2.05) is 0 Å². The van der Waals surface area contributed by atoms with Crippen LogP contribution in [0.25, 0.3) is 0 Å². The van der Waals surface area contributed by atoms with Crippen LogP contribution in [0.4, 0.5) is 0 Å². The molecular formula is C8H9O6. The SMILES string of the molecule is O=C(O)C1[CH]C(C(=O)O)C(C(=O)O)C1. The first kappa shape index (κ1) is 10.5. The normalized spacial score (nSPS) is 31.3. The predicted octanol–water partition coefficient (Wildman–Crippen LogP) is -0.303. The summed E-state index contributed by atoms with van der Waals surface area (Å²) in [6.07, 6.45) is 0.922. The van der Waals surface area contributed by atoms with E-state index in [0.717, 1.165) is 6.42 Å². The summed E-state index contributed by atoms with van der Waals surface area (Å²) in [6, 6.07) is 0. The van der Waals surface area contributed by atoms with Crippen LogP contribution < -0.4 is 0 Å². The highest BCUT2D eigenvalue weighted by atomic mass is 16.4. The van der Waals surface area contributed by atoms with Crippen LogP contribution in [0.15, 0.2) is 0 Å². The van der Waals surface area contributed by atoms with Crippen LogP contribution in [0.2, 0.25) is 0 Å². The molecule has 77 valence electrons. The second-order valence-corrected chi connectivity index (χ2v) is 3.18. The quantitative estimate of drug-likeness (QED) is 0.577. The fourth-order valence-electron chi connectivity index (χ4n) is 1.58. The van der Waals surface area contributed by atoms with Gasteiger partial charge in [-0.3, -0.25) is 14.4 Å². The molecule has 0 aromatic carbocycles. The monoisotopic (exact) mass is 201 g/mol. The maximum absolute atomic E-state index is 10.6. The molecule has 0 bridgehead atoms. The average molecular weight is 201 g/mol. The van der Waals surface area contributed by atoms with Crippen LogP contribution in [0.3, 0.4) is 0 Å². The summed E-state index contributed by atoms with van der Waals surface area (Å²) >= 11 is 0. The van der Waals surface area contributed by atoms with E-state index in [0.29, 0.717) is 0 Å². The highest BCUT2D eigenvalue weighted by molar-refractivity contribution is 5.85. The summed E-state index contributed by atoms with van der Waals surface area (Å²) in [5.41, 5.74) is 0. The molecule has 14 heavy (non-hydrogen) atoms. The number of aliphatic carboxylic acids is 3. The Hall–Kier alpha value is -1.59. The van der Waals surface area contributed by atoms with Crippen molar-refractivity contribution in [3.8, 4) is 0 Å². The molecule has 6 nitrogen and oxygen atoms in total. The molecule has 1 aliphatic carbocycles. The molecule has 1 fully saturated rings. The van der Waals surface area contributed by atoms with Gasteiger partial charge in [0.05, 0.1) is 17.8 Å². The molecule has 0 heterocycles. The first-order valence-electron chi connectivity index (χ1n) is 3.97. The standard InChI is InChI=1S/C8H9O6/c9-6(10)3-1-4(7(11)12)5(2-3)8(13)14/h1,3-5H,2H2,(H,9,10)(H,11,12)(H,13,14). The van der Waals surface area contributed by atoms with Gasteiger partial charge >= 0.3 is 17.9 Å². The smallest absolute Gasteiger partial charge is 0.307 e. The third kappa shape index (κ3) is 1.84. The Balaban J connectivity index is 2.80. The molecule has 1 rings (SSSR count). The Morgan fingerprint density at radius 3 is 1.86 bits per heavy atom. The first-order valence-corrected chi connectivity index (χ1v) is 3.97. The molecule has 0 saturated heterocycles. The summed E-state index contributed by atoms with van der Waals surface area (Å²) in [6.45, 7) is 0. The van der Waals surface area contributed by atoms with Gasteiger partial charge in [0.1, 0.15) is 0 Å². The topological polar surface area (TPSA) is 112 Å². The number of carbonyl (C=O) groups is 3. The van der Waals surface area contributed by atoms with E-state index in [4.69, 9.17) is 15.3 Å². The third-order valence-corrected chi connectivity index (χ3v) is 2.30. The fraction of sp³-hybridized carbons (Fsp3) is 0.500. The Labute approximate surface area is 79.2 Å². The zero-order valence-electron chi connectivity index (χ0n) is 7.08. The molecule has 0 aromatic rings. The van der Waals surface area contributed by atoms with Crippen molar-refractivity contribution in [1.82, 2.24) is 0 Å². The van der Waals surface area contributed by atoms with Gasteiger partial charge in [-0.1, -0.05) is 0 Å². The summed E-state index contributed by atoms with van der Waals surface area (Å²) in [5, 5.41) is 25.9. The number of carboxylic acids is 3. The van der Waals surface area contributed by atoms with E-state index in [1.54, 1.807) is 0 Å². The Morgan fingerprint density at radius 2 is 1.57 bits per heavy atom. The lowest BCUT2D eigenvalue weighted by molar-refractivity contribution is -0.151. The van der Waals surface area contributed by atoms with Gasteiger partial charge in [-0.05, 0) is 12.8 Å². The molecule has 0 spiro atoms. The highest BCUT2D eigenvalue weighted by Gasteiger charge is 2.45. The van der Waals surface area contributed by atoms with Gasteiger partial charge < -0.3 is 15.3 Å². The van der Waals surface area contributed by atoms with Gasteiger partial charge in [0.25, 0.3) is 0 Å². The molecule has 1 radical (unpaired) electrons. The number of hydrogen-bond donors (Lipinski definition) is 3. The number of hydrogen-bond acceptors (Lipinski definition) is 3. The van der Waals surface area contributed by atoms with Crippen molar-refractivity contribution in [2.24, 2.45) is 17.8 Å². The lowest BCUT2D eigenvalue weighted by atomic mass is 9.97. The number of carboxylic acid groups (broad SMARTS) is 3. The van der Waals surface area contributed by atoms with E-state index in [2.05, 4.69) is 0 Å². The molecule has 0 aromatic heterocycles. The lowest BCUT2D eigenvalue weighted by Crippen LogP contribution is -2.24. The van der Waals surface area contributed by atoms with E-state index >= 15 is 0 Å². The number of rotatable bonds is 3. The molecule has 1 saturated carbocycles. The van der Waals surface area contributed by atoms with Crippen LogP contribution in [0.1, 0.15) is 6.42 Å². The van der Waals surface area contributed by atoms with Crippen LogP contribution in [-0.2, 0) is 14.4 Å². The van der Waals surface area contributed by atoms with Gasteiger partial charge in [-0.25, -0.2) is 0 Å². The van der Waals surface area contributed by atoms with Crippen LogP contribution in [0.5, 0.6) is 0 Å². The van der Waals surface area contributed by atoms with Gasteiger partial charge in [0.15, 0.2) is 0 Å². The zero-order valence-corrected chi connectivity index (χ0v) is 7.08. The fourth-order valence-corrected chi connectivity index (χ4v) is 1.58. The van der Waals surface area contributed by atoms with Gasteiger partial charge in [-0.2, -0.15) is 0 Å². The molecule has 3 atom stereocenters. The van der Waals surface area contributed by atoms with Crippen LogP contribution >= 0.6 is 0 Å². The molecule has 0 amide bonds. The van der Waals surface area contributed by atoms with Crippen molar-refractivity contribution in [1.29, 1.82) is 0 Å². The Morgan fingerprint density at radius 1 is 1.00 bits per heavy atom. The second-order valence-electron chi connectivity index (χ2n) is 3.18. The molecule has 3 N–H and O–H groups in total. The Bertz CT molecular complexity index is 262. The largest absolute Gasteiger partial charge is 0.481 e. The maximum Gasteiger partial charge on any atom is 0.307 e. The van der Waals surface area contributed by atoms with Gasteiger partial charge in [0, 0.05) is 0 Å². The Kier molecular flexibility index (Phi) is 2.73. The molecular weight excluding hydrogens is 192 g/mol. The first-order chi connectivity index (χ1) is 6.43. The minimum Gasteiger partial charge on any atom is -0.481 e. The molecule has 3 unspecified atom stereocenters. The van der Waals surface area contributed by atoms with Crippen LogP contribution in [0, 0.1) is 24.2 Å². The highest BCUT2D eigenvalue weighted by Crippen LogP contribution is 2.36. The summed E-state index contributed by atoms with van der Waals surface area (Å²) < 4.78 is 0. The van der Waals surface area contributed by atoms with Crippen LogP contribution in [-0.4, -0.2) is 33.2 Å². The molecule has 1 aliphatic rings. The second kappa shape index (κ2) is 3.65. The predicted molar refractivity (Wildman–Crippen MR) is 42.3 cm³/mol. The van der Waals surface area contributed by atoms with Crippen molar-refractivity contribution in [2.45, 2.75) is 6.42 Å². The van der Waals surface area contributed by atoms with Crippen molar-refractivity contribution in [3.63, 3.8) is 0 Å². The summed E-state index contributed by atoms with van der Waals surface area (Å²) in [4.78, 5) is 31.7. The van der Waals surface area contributed by atoms with Gasteiger partial charge in [-0.15, -0.1) is 0 Å². The minimum absolute atomic E-state index is 0.151. The van der Waals surface area contributed by atoms with Crippen molar-refractivity contribution in [3.05, 3.63) is 6.42 Å². The molecule has 6 heteroatoms. The summed E-state index contributed by atoms with van der Waals surface area (Å²) in [5.74, 6) is -7.04. The summed E-state index contributed by atoms with van der Waals surface area (Å²) in [7, 11) is 0. The zero-order chi connectivity index (χ0) is 10.9. The van der Waals surface area contributed by atoms with E-state index in [1.165, 1.54) is 0 Å². The molecule has 0 aliphatic heterocycles. The van der Waals surface area contributed by atoms with Gasteiger partial charge in [0.2, 0.25) is 0 Å². The average Bonchev–Trinajstić information content (AvgIpc) is 2.47. The third-order valence-electron chi connectivity index (χ3n) is 2.30. The lowest BCUT2D eigenvalue weighted by Gasteiger charge is -2.08. The van der Waals surface area contributed by atoms with E-state index < -0.39 is 35.7 Å². The minimum atomic E-state index is -1.29. The maximum atomic E-state index is 10.6. The van der Waals surface area contributed by atoms with E-state index in [-0.39, 0.29) is 6.42 Å². The van der Waals surface area contributed by atoms with Crippen molar-refractivity contribution >= 4 is 17.9 Å².